The van der Waals surface area contributed by atoms with E-state index in [0.29, 0.717) is 11.3 Å². The van der Waals surface area contributed by atoms with Crippen LogP contribution in [-0.2, 0) is 0 Å². The number of carbonyl (C=O) groups excluding carboxylic acids is 1. The Morgan fingerprint density at radius 1 is 1.38 bits per heavy atom. The Morgan fingerprint density at radius 3 is 2.73 bits per heavy atom. The lowest BCUT2D eigenvalue weighted by molar-refractivity contribution is -0.384. The number of anilines is 1. The smallest absolute Gasteiger partial charge is 0.293 e. The van der Waals surface area contributed by atoms with Crippen LogP contribution >= 0.6 is 0 Å². The minimum atomic E-state index is -0.609. The van der Waals surface area contributed by atoms with E-state index < -0.39 is 10.8 Å². The molecule has 0 radical (unpaired) electrons. The van der Waals surface area contributed by atoms with E-state index in [1.807, 2.05) is 0 Å². The van der Waals surface area contributed by atoms with Gasteiger partial charge in [0, 0.05) is 12.1 Å². The van der Waals surface area contributed by atoms with Crippen molar-refractivity contribution in [3.8, 4) is 5.82 Å². The van der Waals surface area contributed by atoms with Gasteiger partial charge in [0.2, 0.25) is 11.6 Å². The first-order chi connectivity index (χ1) is 12.5. The van der Waals surface area contributed by atoms with Gasteiger partial charge in [-0.1, -0.05) is 5.21 Å². The lowest BCUT2D eigenvalue weighted by Gasteiger charge is -1.99. The molecule has 1 amide bonds. The molecule has 26 heavy (non-hydrogen) atoms. The first-order valence-electron chi connectivity index (χ1n) is 7.06. The monoisotopic (exact) mass is 357 g/mol. The summed E-state index contributed by atoms with van der Waals surface area (Å²) in [6.07, 6.45) is 1.33. The SMILES string of the molecule is Cc1c(C(=O)N/N=C/c2ccc([N+](=O)[O-])cc2)nnn1-c1nonc1N. The van der Waals surface area contributed by atoms with Crippen molar-refractivity contribution in [1.82, 2.24) is 30.7 Å². The van der Waals surface area contributed by atoms with Gasteiger partial charge >= 0.3 is 0 Å². The number of hydrazone groups is 1. The van der Waals surface area contributed by atoms with Gasteiger partial charge in [-0.15, -0.1) is 5.10 Å². The molecule has 0 unspecified atom stereocenters. The molecule has 132 valence electrons. The van der Waals surface area contributed by atoms with Gasteiger partial charge in [-0.2, -0.15) is 9.78 Å². The molecule has 0 saturated heterocycles. The largest absolute Gasteiger partial charge is 0.378 e. The second-order valence-electron chi connectivity index (χ2n) is 4.96. The summed E-state index contributed by atoms with van der Waals surface area (Å²) >= 11 is 0. The Balaban J connectivity index is 1.70. The van der Waals surface area contributed by atoms with Crippen molar-refractivity contribution in [2.24, 2.45) is 5.10 Å². The Kier molecular flexibility index (Phi) is 4.34. The molecule has 3 rings (SSSR count). The van der Waals surface area contributed by atoms with Crippen LogP contribution in [0.5, 0.6) is 0 Å². The maximum atomic E-state index is 12.1. The van der Waals surface area contributed by atoms with Crippen LogP contribution in [0.25, 0.3) is 5.82 Å². The normalized spacial score (nSPS) is 11.0. The molecule has 2 heterocycles. The predicted octanol–water partition coefficient (Wildman–Crippen LogP) is 0.213. The van der Waals surface area contributed by atoms with Crippen LogP contribution in [0, 0.1) is 17.0 Å². The zero-order valence-corrected chi connectivity index (χ0v) is 13.2. The summed E-state index contributed by atoms with van der Waals surface area (Å²) in [5.74, 6) is -0.494. The number of hydrogen-bond acceptors (Lipinski definition) is 10. The number of non-ortho nitro benzene ring substituents is 1. The molecule has 0 spiro atoms. The van der Waals surface area contributed by atoms with Gasteiger partial charge < -0.3 is 5.73 Å². The summed E-state index contributed by atoms with van der Waals surface area (Å²) in [7, 11) is 0. The number of benzene rings is 1. The molecule has 0 fully saturated rings. The standard InChI is InChI=1S/C13H11N9O4/c1-7-10(16-20-21(7)12-11(14)18-26-19-12)13(23)17-15-6-8-2-4-9(5-3-8)22(24)25/h2-6H,1H3,(H2,14,18)(H,17,23)/b15-6+. The zero-order valence-electron chi connectivity index (χ0n) is 13.2. The number of nitrogen functional groups attached to an aromatic ring is 1. The molecule has 0 bridgehead atoms. The van der Waals surface area contributed by atoms with Gasteiger partial charge in [0.1, 0.15) is 0 Å². The van der Waals surface area contributed by atoms with Crippen molar-refractivity contribution in [2.45, 2.75) is 6.92 Å². The molecule has 0 aliphatic rings. The van der Waals surface area contributed by atoms with Crippen LogP contribution < -0.4 is 11.2 Å². The highest BCUT2D eigenvalue weighted by Gasteiger charge is 2.20. The van der Waals surface area contributed by atoms with Crippen LogP contribution in [0.2, 0.25) is 0 Å². The third kappa shape index (κ3) is 3.21. The van der Waals surface area contributed by atoms with Crippen molar-refractivity contribution in [2.75, 3.05) is 5.73 Å². The first-order valence-corrected chi connectivity index (χ1v) is 7.06. The maximum Gasteiger partial charge on any atom is 0.293 e. The van der Waals surface area contributed by atoms with Gasteiger partial charge in [0.15, 0.2) is 5.69 Å². The first kappa shape index (κ1) is 16.7. The second-order valence-corrected chi connectivity index (χ2v) is 4.96. The van der Waals surface area contributed by atoms with Crippen LogP contribution in [0.3, 0.4) is 0 Å². The summed E-state index contributed by atoms with van der Waals surface area (Å²) in [6, 6.07) is 5.65. The Hall–Kier alpha value is -4.16. The molecule has 13 nitrogen and oxygen atoms in total. The number of aromatic nitrogens is 5. The highest BCUT2D eigenvalue weighted by Crippen LogP contribution is 2.14. The van der Waals surface area contributed by atoms with Crippen LogP contribution in [0.1, 0.15) is 21.7 Å². The van der Waals surface area contributed by atoms with E-state index in [2.05, 4.69) is 35.8 Å². The van der Waals surface area contributed by atoms with E-state index in [1.165, 1.54) is 35.2 Å². The van der Waals surface area contributed by atoms with Crippen LogP contribution in [0.4, 0.5) is 11.5 Å². The minimum absolute atomic E-state index is 0.00106. The fourth-order valence-corrected chi connectivity index (χ4v) is 1.98. The van der Waals surface area contributed by atoms with Crippen molar-refractivity contribution in [3.63, 3.8) is 0 Å². The number of nitrogens with zero attached hydrogens (tertiary/aromatic N) is 7. The summed E-state index contributed by atoms with van der Waals surface area (Å²) in [5, 5.41) is 28.9. The molecule has 1 aromatic carbocycles. The second kappa shape index (κ2) is 6.76. The molecule has 13 heteroatoms. The fraction of sp³-hybridized carbons (Fsp3) is 0.0769. The lowest BCUT2D eigenvalue weighted by atomic mass is 10.2. The van der Waals surface area contributed by atoms with E-state index in [1.54, 1.807) is 6.92 Å². The van der Waals surface area contributed by atoms with Gasteiger partial charge in [-0.3, -0.25) is 14.9 Å². The third-order valence-corrected chi connectivity index (χ3v) is 3.29. The summed E-state index contributed by atoms with van der Waals surface area (Å²) in [6.45, 7) is 1.59. The molecular formula is C13H11N9O4. The van der Waals surface area contributed by atoms with Crippen molar-refractivity contribution in [1.29, 1.82) is 0 Å². The van der Waals surface area contributed by atoms with E-state index in [0.717, 1.165) is 0 Å². The molecule has 0 aliphatic heterocycles. The number of carbonyl (C=O) groups is 1. The third-order valence-electron chi connectivity index (χ3n) is 3.29. The Bertz CT molecular complexity index is 989. The van der Waals surface area contributed by atoms with Gasteiger partial charge in [-0.25, -0.2) is 10.1 Å². The predicted molar refractivity (Wildman–Crippen MR) is 86.5 cm³/mol. The van der Waals surface area contributed by atoms with E-state index in [4.69, 9.17) is 5.73 Å². The van der Waals surface area contributed by atoms with E-state index >= 15 is 0 Å². The number of hydrogen-bond donors (Lipinski definition) is 2. The molecule has 3 N–H and O–H groups in total. The molecule has 2 aromatic heterocycles. The average molecular weight is 357 g/mol. The van der Waals surface area contributed by atoms with Gasteiger partial charge in [0.05, 0.1) is 16.8 Å². The molecule has 0 aliphatic carbocycles. The van der Waals surface area contributed by atoms with Crippen molar-refractivity contribution in [3.05, 3.63) is 51.3 Å². The quantitative estimate of drug-likeness (QED) is 0.366. The number of nitrogens with one attached hydrogen (secondary N) is 1. The minimum Gasteiger partial charge on any atom is -0.378 e. The highest BCUT2D eigenvalue weighted by atomic mass is 16.6. The van der Waals surface area contributed by atoms with Crippen LogP contribution in [0.15, 0.2) is 34.0 Å². The number of nitro benzene ring substituents is 1. The number of nitro groups is 1. The van der Waals surface area contributed by atoms with E-state index in [-0.39, 0.29) is 23.0 Å². The topological polar surface area (TPSA) is 180 Å². The molecule has 0 atom stereocenters. The van der Waals surface area contributed by atoms with Crippen molar-refractivity contribution < 1.29 is 14.3 Å². The van der Waals surface area contributed by atoms with Crippen LogP contribution in [-0.4, -0.2) is 42.4 Å². The fourth-order valence-electron chi connectivity index (χ4n) is 1.98. The Labute approximate surface area is 144 Å². The zero-order chi connectivity index (χ0) is 18.7. The maximum absolute atomic E-state index is 12.1. The van der Waals surface area contributed by atoms with Gasteiger partial charge in [0.25, 0.3) is 11.6 Å². The van der Waals surface area contributed by atoms with Crippen molar-refractivity contribution >= 4 is 23.6 Å². The summed E-state index contributed by atoms with van der Waals surface area (Å²) < 4.78 is 5.69. The Morgan fingerprint density at radius 2 is 2.12 bits per heavy atom. The number of nitrogens with two attached hydrogens (primary N) is 1. The average Bonchev–Trinajstić information content (AvgIpc) is 3.20. The van der Waals surface area contributed by atoms with E-state index in [9.17, 15) is 14.9 Å². The molecular weight excluding hydrogens is 346 g/mol. The lowest BCUT2D eigenvalue weighted by Crippen LogP contribution is -2.19. The number of rotatable bonds is 5. The molecule has 0 saturated carbocycles. The highest BCUT2D eigenvalue weighted by molar-refractivity contribution is 5.94. The summed E-state index contributed by atoms with van der Waals surface area (Å²) in [4.78, 5) is 22.2. The summed E-state index contributed by atoms with van der Waals surface area (Å²) in [5.41, 5.74) is 8.76. The van der Waals surface area contributed by atoms with Gasteiger partial charge in [-0.05, 0) is 34.9 Å². The number of amides is 1. The molecule has 3 aromatic rings.